The van der Waals surface area contributed by atoms with Gasteiger partial charge in [0.2, 0.25) is 0 Å². The largest absolute Gasteiger partial charge is 0.300 e. The molecule has 0 saturated heterocycles. The summed E-state index contributed by atoms with van der Waals surface area (Å²) in [7, 11) is 1.79. The fourth-order valence-electron chi connectivity index (χ4n) is 3.33. The van der Waals surface area contributed by atoms with Crippen LogP contribution in [0.2, 0.25) is 0 Å². The van der Waals surface area contributed by atoms with E-state index in [2.05, 4.69) is 5.10 Å². The SMILES string of the molecule is Cn1[nH]c(C2CC3CCC2C3)cc1=O. The van der Waals surface area contributed by atoms with E-state index in [-0.39, 0.29) is 5.56 Å². The average Bonchev–Trinajstić information content (AvgIpc) is 2.82. The molecule has 76 valence electrons. The summed E-state index contributed by atoms with van der Waals surface area (Å²) in [6, 6.07) is 1.78. The zero-order valence-corrected chi connectivity index (χ0v) is 8.49. The molecule has 2 bridgehead atoms. The van der Waals surface area contributed by atoms with Gasteiger partial charge in [0.1, 0.15) is 0 Å². The molecule has 3 nitrogen and oxygen atoms in total. The van der Waals surface area contributed by atoms with E-state index in [0.29, 0.717) is 5.92 Å². The zero-order valence-electron chi connectivity index (χ0n) is 8.49. The highest BCUT2D eigenvalue weighted by molar-refractivity contribution is 5.13. The third-order valence-electron chi connectivity index (χ3n) is 4.04. The molecule has 3 unspecified atom stereocenters. The molecule has 2 saturated carbocycles. The molecule has 2 aliphatic rings. The second kappa shape index (κ2) is 2.75. The van der Waals surface area contributed by atoms with Crippen molar-refractivity contribution in [2.45, 2.75) is 31.6 Å². The number of hydrogen-bond acceptors (Lipinski definition) is 1. The normalized spacial score (nSPS) is 35.4. The highest BCUT2D eigenvalue weighted by Crippen LogP contribution is 2.52. The molecular formula is C11H16N2O. The summed E-state index contributed by atoms with van der Waals surface area (Å²) >= 11 is 0. The van der Waals surface area contributed by atoms with E-state index in [0.717, 1.165) is 11.8 Å². The Morgan fingerprint density at radius 2 is 2.29 bits per heavy atom. The third-order valence-corrected chi connectivity index (χ3v) is 4.04. The van der Waals surface area contributed by atoms with Gasteiger partial charge in [0.05, 0.1) is 0 Å². The summed E-state index contributed by atoms with van der Waals surface area (Å²) in [5, 5.41) is 3.18. The summed E-state index contributed by atoms with van der Waals surface area (Å²) < 4.78 is 1.58. The number of rotatable bonds is 1. The van der Waals surface area contributed by atoms with E-state index in [1.807, 2.05) is 0 Å². The zero-order chi connectivity index (χ0) is 9.71. The molecule has 1 aromatic rings. The minimum atomic E-state index is 0.0998. The van der Waals surface area contributed by atoms with E-state index in [1.165, 1.54) is 31.4 Å². The summed E-state index contributed by atoms with van der Waals surface area (Å²) in [5.74, 6) is 2.43. The minimum absolute atomic E-state index is 0.0998. The molecule has 3 rings (SSSR count). The van der Waals surface area contributed by atoms with E-state index in [4.69, 9.17) is 0 Å². The fraction of sp³-hybridized carbons (Fsp3) is 0.727. The molecule has 0 radical (unpaired) electrons. The van der Waals surface area contributed by atoms with Crippen LogP contribution in [0.3, 0.4) is 0 Å². The molecule has 0 spiro atoms. The highest BCUT2D eigenvalue weighted by atomic mass is 16.1. The molecular weight excluding hydrogens is 176 g/mol. The van der Waals surface area contributed by atoms with Gasteiger partial charge in [-0.25, -0.2) is 0 Å². The maximum absolute atomic E-state index is 11.3. The quantitative estimate of drug-likeness (QED) is 0.721. The number of aromatic amines is 1. The van der Waals surface area contributed by atoms with Crippen molar-refractivity contribution in [1.82, 2.24) is 9.78 Å². The van der Waals surface area contributed by atoms with Crippen molar-refractivity contribution in [3.05, 3.63) is 22.1 Å². The first-order chi connectivity index (χ1) is 6.74. The monoisotopic (exact) mass is 192 g/mol. The number of hydrogen-bond donors (Lipinski definition) is 1. The van der Waals surface area contributed by atoms with Crippen molar-refractivity contribution in [2.24, 2.45) is 18.9 Å². The van der Waals surface area contributed by atoms with Crippen molar-refractivity contribution in [1.29, 1.82) is 0 Å². The van der Waals surface area contributed by atoms with Gasteiger partial charge in [-0.1, -0.05) is 6.42 Å². The van der Waals surface area contributed by atoms with Crippen LogP contribution in [-0.2, 0) is 7.05 Å². The van der Waals surface area contributed by atoms with E-state index in [1.54, 1.807) is 17.8 Å². The molecule has 3 atom stereocenters. The van der Waals surface area contributed by atoms with Gasteiger partial charge in [-0.2, -0.15) is 0 Å². The Morgan fingerprint density at radius 3 is 2.79 bits per heavy atom. The second-order valence-corrected chi connectivity index (χ2v) is 4.89. The Labute approximate surface area is 83.1 Å². The van der Waals surface area contributed by atoms with Gasteiger partial charge in [0.25, 0.3) is 5.56 Å². The lowest BCUT2D eigenvalue weighted by molar-refractivity contribution is 0.410. The van der Waals surface area contributed by atoms with Crippen LogP contribution < -0.4 is 5.56 Å². The Morgan fingerprint density at radius 1 is 1.43 bits per heavy atom. The Kier molecular flexibility index (Phi) is 1.64. The van der Waals surface area contributed by atoms with Crippen LogP contribution in [0.15, 0.2) is 10.9 Å². The molecule has 0 amide bonds. The van der Waals surface area contributed by atoms with Crippen molar-refractivity contribution >= 4 is 0 Å². The van der Waals surface area contributed by atoms with Crippen LogP contribution in [0, 0.1) is 11.8 Å². The van der Waals surface area contributed by atoms with Gasteiger partial charge in [-0.15, -0.1) is 0 Å². The van der Waals surface area contributed by atoms with Gasteiger partial charge in [0, 0.05) is 24.7 Å². The van der Waals surface area contributed by atoms with Crippen molar-refractivity contribution in [3.8, 4) is 0 Å². The molecule has 14 heavy (non-hydrogen) atoms. The van der Waals surface area contributed by atoms with Gasteiger partial charge >= 0.3 is 0 Å². The smallest absolute Gasteiger partial charge is 0.266 e. The van der Waals surface area contributed by atoms with E-state index >= 15 is 0 Å². The van der Waals surface area contributed by atoms with Crippen molar-refractivity contribution < 1.29 is 0 Å². The standard InChI is InChI=1S/C11H16N2O/c1-13-11(14)6-10(12-13)9-5-7-2-3-8(9)4-7/h6-9,12H,2-5H2,1H3. The summed E-state index contributed by atoms with van der Waals surface area (Å²) in [6.45, 7) is 0. The average molecular weight is 192 g/mol. The summed E-state index contributed by atoms with van der Waals surface area (Å²) in [6.07, 6.45) is 5.47. The van der Waals surface area contributed by atoms with Crippen LogP contribution in [-0.4, -0.2) is 9.78 Å². The Balaban J connectivity index is 1.93. The maximum atomic E-state index is 11.3. The van der Waals surface area contributed by atoms with Crippen molar-refractivity contribution in [3.63, 3.8) is 0 Å². The van der Waals surface area contributed by atoms with Crippen LogP contribution in [0.4, 0.5) is 0 Å². The number of nitrogens with one attached hydrogen (secondary N) is 1. The summed E-state index contributed by atoms with van der Waals surface area (Å²) in [4.78, 5) is 11.3. The van der Waals surface area contributed by atoms with Crippen LogP contribution in [0.5, 0.6) is 0 Å². The van der Waals surface area contributed by atoms with E-state index in [9.17, 15) is 4.79 Å². The molecule has 1 heterocycles. The topological polar surface area (TPSA) is 37.8 Å². The predicted molar refractivity (Wildman–Crippen MR) is 54.2 cm³/mol. The second-order valence-electron chi connectivity index (χ2n) is 4.89. The number of aryl methyl sites for hydroxylation is 1. The molecule has 2 fully saturated rings. The lowest BCUT2D eigenvalue weighted by atomic mass is 9.86. The molecule has 1 N–H and O–H groups in total. The lowest BCUT2D eigenvalue weighted by Crippen LogP contribution is -2.10. The van der Waals surface area contributed by atoms with Crippen LogP contribution in [0.25, 0.3) is 0 Å². The molecule has 1 aromatic heterocycles. The van der Waals surface area contributed by atoms with Crippen LogP contribution >= 0.6 is 0 Å². The minimum Gasteiger partial charge on any atom is -0.300 e. The lowest BCUT2D eigenvalue weighted by Gasteiger charge is -2.19. The third kappa shape index (κ3) is 1.08. The van der Waals surface area contributed by atoms with E-state index < -0.39 is 0 Å². The van der Waals surface area contributed by atoms with Gasteiger partial charge in [-0.3, -0.25) is 14.6 Å². The maximum Gasteiger partial charge on any atom is 0.266 e. The summed E-state index contributed by atoms with van der Waals surface area (Å²) in [5.41, 5.74) is 1.27. The fourth-order valence-corrected chi connectivity index (χ4v) is 3.33. The first-order valence-electron chi connectivity index (χ1n) is 5.50. The molecule has 2 aliphatic carbocycles. The molecule has 0 aromatic carbocycles. The Hall–Kier alpha value is -0.990. The number of aromatic nitrogens is 2. The first kappa shape index (κ1) is 8.33. The van der Waals surface area contributed by atoms with Gasteiger partial charge in [0.15, 0.2) is 0 Å². The predicted octanol–water partition coefficient (Wildman–Crippen LogP) is 1.62. The van der Waals surface area contributed by atoms with Crippen molar-refractivity contribution in [2.75, 3.05) is 0 Å². The van der Waals surface area contributed by atoms with Gasteiger partial charge < -0.3 is 0 Å². The number of fused-ring (bicyclic) bond motifs is 2. The molecule has 3 heteroatoms. The highest BCUT2D eigenvalue weighted by Gasteiger charge is 2.40. The number of nitrogens with zero attached hydrogens (tertiary/aromatic N) is 1. The van der Waals surface area contributed by atoms with Gasteiger partial charge in [-0.05, 0) is 31.1 Å². The van der Waals surface area contributed by atoms with Crippen LogP contribution in [0.1, 0.15) is 37.3 Å². The first-order valence-corrected chi connectivity index (χ1v) is 5.50. The molecule has 0 aliphatic heterocycles. The Bertz CT molecular complexity index is 404. The number of H-pyrrole nitrogens is 1.